The molecule has 122 valence electrons. The number of carboxylic acids is 1. The molecular weight excluding hydrogens is 268 g/mol. The number of urea groups is 1. The fourth-order valence-electron chi connectivity index (χ4n) is 2.77. The summed E-state index contributed by atoms with van der Waals surface area (Å²) in [5.41, 5.74) is -1.15. The first-order valence-electron chi connectivity index (χ1n) is 7.88. The fraction of sp³-hybridized carbons (Fsp3) is 0.875. The molecule has 1 aliphatic rings. The van der Waals surface area contributed by atoms with Gasteiger partial charge in [-0.15, -0.1) is 0 Å². The second-order valence-electron chi connectivity index (χ2n) is 7.38. The molecule has 5 nitrogen and oxygen atoms in total. The number of carbonyl (C=O) groups is 2. The van der Waals surface area contributed by atoms with Crippen molar-refractivity contribution in [2.45, 2.75) is 77.8 Å². The zero-order valence-electron chi connectivity index (χ0n) is 14.0. The number of hydrogen-bond acceptors (Lipinski definition) is 2. The van der Waals surface area contributed by atoms with Crippen molar-refractivity contribution in [3.05, 3.63) is 0 Å². The second kappa shape index (κ2) is 6.67. The molecule has 0 aromatic heterocycles. The van der Waals surface area contributed by atoms with E-state index < -0.39 is 11.5 Å². The van der Waals surface area contributed by atoms with Gasteiger partial charge in [-0.2, -0.15) is 0 Å². The van der Waals surface area contributed by atoms with E-state index in [-0.39, 0.29) is 17.5 Å². The van der Waals surface area contributed by atoms with E-state index in [0.717, 1.165) is 25.7 Å². The number of amides is 2. The van der Waals surface area contributed by atoms with E-state index in [1.54, 1.807) is 11.9 Å². The van der Waals surface area contributed by atoms with E-state index in [1.165, 1.54) is 0 Å². The van der Waals surface area contributed by atoms with Gasteiger partial charge < -0.3 is 15.3 Å². The second-order valence-corrected chi connectivity index (χ2v) is 7.38. The van der Waals surface area contributed by atoms with Gasteiger partial charge in [0, 0.05) is 13.1 Å². The van der Waals surface area contributed by atoms with E-state index in [4.69, 9.17) is 0 Å². The van der Waals surface area contributed by atoms with E-state index in [0.29, 0.717) is 12.8 Å². The molecule has 0 aromatic rings. The summed E-state index contributed by atoms with van der Waals surface area (Å²) in [4.78, 5) is 25.8. The minimum atomic E-state index is -1.10. The van der Waals surface area contributed by atoms with Crippen molar-refractivity contribution in [3.8, 4) is 0 Å². The molecular formula is C16H30N2O3. The summed E-state index contributed by atoms with van der Waals surface area (Å²) in [6.45, 7) is 8.19. The first-order valence-corrected chi connectivity index (χ1v) is 7.88. The predicted octanol–water partition coefficient (Wildman–Crippen LogP) is 3.24. The van der Waals surface area contributed by atoms with Crippen molar-refractivity contribution >= 4 is 12.0 Å². The Bertz CT molecular complexity index is 379. The van der Waals surface area contributed by atoms with Crippen LogP contribution in [0.4, 0.5) is 4.79 Å². The Morgan fingerprint density at radius 3 is 2.00 bits per heavy atom. The maximum absolute atomic E-state index is 12.5. The minimum Gasteiger partial charge on any atom is -0.480 e. The third-order valence-electron chi connectivity index (χ3n) is 4.87. The molecule has 1 saturated carbocycles. The molecule has 5 heteroatoms. The van der Waals surface area contributed by atoms with Gasteiger partial charge in [-0.25, -0.2) is 9.59 Å². The van der Waals surface area contributed by atoms with Crippen LogP contribution in [-0.2, 0) is 4.79 Å². The summed E-state index contributed by atoms with van der Waals surface area (Å²) in [7, 11) is 1.73. The predicted molar refractivity (Wildman–Crippen MR) is 83.3 cm³/mol. The third-order valence-corrected chi connectivity index (χ3v) is 4.87. The minimum absolute atomic E-state index is 0.0223. The number of nitrogens with one attached hydrogen (secondary N) is 1. The van der Waals surface area contributed by atoms with Crippen molar-refractivity contribution in [3.63, 3.8) is 0 Å². The number of hydrogen-bond donors (Lipinski definition) is 2. The number of carboxylic acid groups (broad SMARTS) is 1. The molecule has 21 heavy (non-hydrogen) atoms. The Kier molecular flexibility index (Phi) is 5.65. The fourth-order valence-corrected chi connectivity index (χ4v) is 2.77. The molecule has 0 bridgehead atoms. The van der Waals surface area contributed by atoms with E-state index in [2.05, 4.69) is 26.1 Å². The maximum Gasteiger partial charge on any atom is 0.329 e. The van der Waals surface area contributed by atoms with Crippen LogP contribution >= 0.6 is 0 Å². The van der Waals surface area contributed by atoms with Crippen LogP contribution in [0.5, 0.6) is 0 Å². The normalized spacial score (nSPS) is 20.2. The number of aliphatic carboxylic acids is 1. The Morgan fingerprint density at radius 2 is 1.62 bits per heavy atom. The van der Waals surface area contributed by atoms with Crippen LogP contribution in [0.2, 0.25) is 0 Å². The molecule has 1 rings (SSSR count). The summed E-state index contributed by atoms with van der Waals surface area (Å²) >= 11 is 0. The SMILES string of the molecule is CC(N(C)C(=O)NC1(C(=O)O)CCCCCC1)C(C)(C)C. The lowest BCUT2D eigenvalue weighted by Gasteiger charge is -2.38. The van der Waals surface area contributed by atoms with Gasteiger partial charge in [-0.3, -0.25) is 0 Å². The van der Waals surface area contributed by atoms with Gasteiger partial charge >= 0.3 is 12.0 Å². The van der Waals surface area contributed by atoms with Crippen molar-refractivity contribution in [1.82, 2.24) is 10.2 Å². The molecule has 0 saturated heterocycles. The summed E-state index contributed by atoms with van der Waals surface area (Å²) in [5, 5.41) is 12.4. The van der Waals surface area contributed by atoms with Crippen LogP contribution < -0.4 is 5.32 Å². The number of rotatable bonds is 3. The lowest BCUT2D eigenvalue weighted by molar-refractivity contribution is -0.145. The first kappa shape index (κ1) is 17.8. The topological polar surface area (TPSA) is 69.6 Å². The highest BCUT2D eigenvalue weighted by Crippen LogP contribution is 2.29. The largest absolute Gasteiger partial charge is 0.480 e. The standard InChI is InChI=1S/C16H30N2O3/c1-12(15(2,3)4)18(5)14(21)17-16(13(19)20)10-8-6-7-9-11-16/h12H,6-11H2,1-5H3,(H,17,21)(H,19,20). The van der Waals surface area contributed by atoms with Crippen LogP contribution in [0, 0.1) is 5.41 Å². The zero-order chi connectivity index (χ0) is 16.3. The first-order chi connectivity index (χ1) is 9.60. The van der Waals surface area contributed by atoms with Crippen LogP contribution in [0.15, 0.2) is 0 Å². The quantitative estimate of drug-likeness (QED) is 0.786. The molecule has 1 unspecified atom stereocenters. The van der Waals surface area contributed by atoms with E-state index in [9.17, 15) is 14.7 Å². The van der Waals surface area contributed by atoms with E-state index >= 15 is 0 Å². The number of nitrogens with zero attached hydrogens (tertiary/aromatic N) is 1. The molecule has 2 amide bonds. The monoisotopic (exact) mass is 298 g/mol. The van der Waals surface area contributed by atoms with Crippen molar-refractivity contribution < 1.29 is 14.7 Å². The lowest BCUT2D eigenvalue weighted by Crippen LogP contribution is -2.59. The molecule has 1 aliphatic carbocycles. The van der Waals surface area contributed by atoms with Gasteiger partial charge in [0.15, 0.2) is 0 Å². The van der Waals surface area contributed by atoms with Crippen LogP contribution in [0.3, 0.4) is 0 Å². The Balaban J connectivity index is 2.84. The average Bonchev–Trinajstić information content (AvgIpc) is 2.62. The molecule has 0 aromatic carbocycles. The summed E-state index contributed by atoms with van der Waals surface area (Å²) < 4.78 is 0. The molecule has 1 atom stereocenters. The molecule has 2 N–H and O–H groups in total. The van der Waals surface area contributed by atoms with Crippen molar-refractivity contribution in [2.75, 3.05) is 7.05 Å². The average molecular weight is 298 g/mol. The molecule has 0 aliphatic heterocycles. The van der Waals surface area contributed by atoms with Crippen molar-refractivity contribution in [2.24, 2.45) is 5.41 Å². The summed E-state index contributed by atoms with van der Waals surface area (Å²) in [6, 6.07) is -0.268. The van der Waals surface area contributed by atoms with Crippen LogP contribution in [0.1, 0.15) is 66.2 Å². The van der Waals surface area contributed by atoms with Gasteiger partial charge in [-0.05, 0) is 25.2 Å². The highest BCUT2D eigenvalue weighted by molar-refractivity contribution is 5.86. The maximum atomic E-state index is 12.5. The summed E-state index contributed by atoms with van der Waals surface area (Å²) in [6.07, 6.45) is 4.83. The van der Waals surface area contributed by atoms with E-state index in [1.807, 2.05) is 6.92 Å². The zero-order valence-corrected chi connectivity index (χ0v) is 14.0. The Labute approximate surface area is 128 Å². The molecule has 0 radical (unpaired) electrons. The van der Waals surface area contributed by atoms with Gasteiger partial charge in [0.05, 0.1) is 0 Å². The highest BCUT2D eigenvalue weighted by Gasteiger charge is 2.41. The highest BCUT2D eigenvalue weighted by atomic mass is 16.4. The molecule has 0 heterocycles. The van der Waals surface area contributed by atoms with Crippen LogP contribution in [0.25, 0.3) is 0 Å². The smallest absolute Gasteiger partial charge is 0.329 e. The van der Waals surface area contributed by atoms with Crippen LogP contribution in [-0.4, -0.2) is 40.6 Å². The summed E-state index contributed by atoms with van der Waals surface area (Å²) in [5.74, 6) is -0.908. The number of carbonyl (C=O) groups excluding carboxylic acids is 1. The molecule has 0 spiro atoms. The van der Waals surface area contributed by atoms with Gasteiger partial charge in [0.2, 0.25) is 0 Å². The van der Waals surface area contributed by atoms with Gasteiger partial charge in [0.1, 0.15) is 5.54 Å². The van der Waals surface area contributed by atoms with Gasteiger partial charge in [0.25, 0.3) is 0 Å². The Morgan fingerprint density at radius 1 is 1.14 bits per heavy atom. The lowest BCUT2D eigenvalue weighted by atomic mass is 9.87. The Hall–Kier alpha value is -1.26. The third kappa shape index (κ3) is 4.35. The molecule has 1 fully saturated rings. The van der Waals surface area contributed by atoms with Gasteiger partial charge in [-0.1, -0.05) is 46.5 Å². The van der Waals surface area contributed by atoms with Crippen molar-refractivity contribution in [1.29, 1.82) is 0 Å².